The number of rotatable bonds is 5. The smallest absolute Gasteiger partial charge is 0.269 e. The molecule has 0 spiro atoms. The first kappa shape index (κ1) is 16.6. The molecular weight excluding hydrogens is 324 g/mol. The summed E-state index contributed by atoms with van der Waals surface area (Å²) >= 11 is 3.54. The molecule has 110 valence electrons. The van der Waals surface area contributed by atoms with E-state index >= 15 is 0 Å². The normalized spacial score (nSPS) is 12.8. The highest BCUT2D eigenvalue weighted by molar-refractivity contribution is 9.09. The van der Waals surface area contributed by atoms with E-state index in [-0.39, 0.29) is 21.8 Å². The summed E-state index contributed by atoms with van der Waals surface area (Å²) in [6, 6.07) is 5.58. The average molecular weight is 343 g/mol. The fourth-order valence-corrected chi connectivity index (χ4v) is 2.91. The average Bonchev–Trinajstić information content (AvgIpc) is 2.34. The minimum absolute atomic E-state index is 0.0207. The summed E-state index contributed by atoms with van der Waals surface area (Å²) in [6.45, 7) is 6.94. The Hall–Kier alpha value is -1.43. The lowest BCUT2D eigenvalue weighted by Gasteiger charge is -2.22. The van der Waals surface area contributed by atoms with Crippen molar-refractivity contribution in [3.8, 4) is 0 Å². The summed E-state index contributed by atoms with van der Waals surface area (Å²) in [5.74, 6) is -0.224. The molecule has 0 radical (unpaired) electrons. The molecule has 0 heterocycles. The van der Waals surface area contributed by atoms with Crippen LogP contribution in [0.1, 0.15) is 37.6 Å². The van der Waals surface area contributed by atoms with Crippen molar-refractivity contribution >= 4 is 27.5 Å². The third-order valence-electron chi connectivity index (χ3n) is 2.66. The summed E-state index contributed by atoms with van der Waals surface area (Å²) in [5.41, 5.74) is 0.588. The highest BCUT2D eigenvalue weighted by Crippen LogP contribution is 2.24. The number of nitrogens with zero attached hydrogens (tertiary/aromatic N) is 1. The number of benzene rings is 1. The second-order valence-corrected chi connectivity index (χ2v) is 7.17. The Bertz CT molecular complexity index is 480. The third-order valence-corrected chi connectivity index (χ3v) is 3.31. The molecule has 1 amide bonds. The Balaban J connectivity index is 2.53. The van der Waals surface area contributed by atoms with E-state index in [0.717, 1.165) is 6.42 Å². The standard InChI is InChI=1S/C14H19BrN2O3/c1-14(2,3)8-11(15)9-16-13(18)10-4-6-12(7-5-10)17(19)20/h4-7,11H,8-9H2,1-3H3,(H,16,18). The predicted molar refractivity (Wildman–Crippen MR) is 82.2 cm³/mol. The Morgan fingerprint density at radius 3 is 2.35 bits per heavy atom. The first-order chi connectivity index (χ1) is 9.19. The summed E-state index contributed by atoms with van der Waals surface area (Å²) in [5, 5.41) is 13.3. The van der Waals surface area contributed by atoms with Gasteiger partial charge in [-0.3, -0.25) is 14.9 Å². The lowest BCUT2D eigenvalue weighted by molar-refractivity contribution is -0.384. The number of nitro benzene ring substituents is 1. The molecule has 0 fully saturated rings. The molecule has 1 atom stereocenters. The second kappa shape index (κ2) is 6.83. The fraction of sp³-hybridized carbons (Fsp3) is 0.500. The highest BCUT2D eigenvalue weighted by Gasteiger charge is 2.17. The molecule has 0 bridgehead atoms. The Kier molecular flexibility index (Phi) is 5.68. The number of hydrogen-bond donors (Lipinski definition) is 1. The van der Waals surface area contributed by atoms with Crippen LogP contribution in [0.25, 0.3) is 0 Å². The van der Waals surface area contributed by atoms with E-state index in [1.807, 2.05) is 0 Å². The van der Waals surface area contributed by atoms with Crippen molar-refractivity contribution < 1.29 is 9.72 Å². The fourth-order valence-electron chi connectivity index (χ4n) is 1.78. The number of alkyl halides is 1. The molecule has 0 aliphatic rings. The molecule has 0 aromatic heterocycles. The Morgan fingerprint density at radius 1 is 1.35 bits per heavy atom. The Labute approximate surface area is 127 Å². The molecule has 20 heavy (non-hydrogen) atoms. The number of non-ortho nitro benzene ring substituents is 1. The second-order valence-electron chi connectivity index (χ2n) is 5.88. The van der Waals surface area contributed by atoms with Crippen LogP contribution in [0.15, 0.2) is 24.3 Å². The van der Waals surface area contributed by atoms with Crippen LogP contribution in [0.5, 0.6) is 0 Å². The molecule has 1 rings (SSSR count). The van der Waals surface area contributed by atoms with Gasteiger partial charge in [0.1, 0.15) is 0 Å². The first-order valence-corrected chi connectivity index (χ1v) is 7.27. The van der Waals surface area contributed by atoms with Crippen molar-refractivity contribution in [3.63, 3.8) is 0 Å². The lowest BCUT2D eigenvalue weighted by atomic mass is 9.90. The number of nitrogens with one attached hydrogen (secondary N) is 1. The van der Waals surface area contributed by atoms with Crippen molar-refractivity contribution in [1.29, 1.82) is 0 Å². The zero-order valence-electron chi connectivity index (χ0n) is 11.9. The largest absolute Gasteiger partial charge is 0.351 e. The number of carbonyl (C=O) groups is 1. The van der Waals surface area contributed by atoms with Gasteiger partial charge in [0, 0.05) is 29.1 Å². The van der Waals surface area contributed by atoms with E-state index < -0.39 is 4.92 Å². The Morgan fingerprint density at radius 2 is 1.90 bits per heavy atom. The van der Waals surface area contributed by atoms with Gasteiger partial charge in [-0.05, 0) is 24.0 Å². The van der Waals surface area contributed by atoms with E-state index in [1.54, 1.807) is 0 Å². The van der Waals surface area contributed by atoms with E-state index in [2.05, 4.69) is 42.0 Å². The maximum atomic E-state index is 11.9. The minimum atomic E-state index is -0.487. The molecular formula is C14H19BrN2O3. The van der Waals surface area contributed by atoms with E-state index in [9.17, 15) is 14.9 Å². The number of carbonyl (C=O) groups excluding carboxylic acids is 1. The molecule has 1 aromatic rings. The van der Waals surface area contributed by atoms with Crippen molar-refractivity contribution in [2.75, 3.05) is 6.54 Å². The monoisotopic (exact) mass is 342 g/mol. The van der Waals surface area contributed by atoms with Gasteiger partial charge < -0.3 is 5.32 Å². The summed E-state index contributed by atoms with van der Waals surface area (Å²) in [6.07, 6.45) is 0.938. The van der Waals surface area contributed by atoms with Crippen LogP contribution in [0.4, 0.5) is 5.69 Å². The summed E-state index contributed by atoms with van der Waals surface area (Å²) < 4.78 is 0. The van der Waals surface area contributed by atoms with E-state index in [1.165, 1.54) is 24.3 Å². The first-order valence-electron chi connectivity index (χ1n) is 6.36. The van der Waals surface area contributed by atoms with Gasteiger partial charge in [-0.15, -0.1) is 0 Å². The molecule has 6 heteroatoms. The van der Waals surface area contributed by atoms with Crippen LogP contribution in [0.2, 0.25) is 0 Å². The number of halogens is 1. The molecule has 1 unspecified atom stereocenters. The van der Waals surface area contributed by atoms with E-state index in [0.29, 0.717) is 12.1 Å². The zero-order valence-corrected chi connectivity index (χ0v) is 13.4. The van der Waals surface area contributed by atoms with Gasteiger partial charge in [0.15, 0.2) is 0 Å². The molecule has 1 N–H and O–H groups in total. The van der Waals surface area contributed by atoms with Gasteiger partial charge in [0.2, 0.25) is 0 Å². The van der Waals surface area contributed by atoms with Crippen molar-refractivity contribution in [3.05, 3.63) is 39.9 Å². The molecule has 1 aromatic carbocycles. The predicted octanol–water partition coefficient (Wildman–Crippen LogP) is 3.52. The zero-order chi connectivity index (χ0) is 15.3. The van der Waals surface area contributed by atoms with Gasteiger partial charge in [0.05, 0.1) is 4.92 Å². The quantitative estimate of drug-likeness (QED) is 0.505. The van der Waals surface area contributed by atoms with Gasteiger partial charge in [0.25, 0.3) is 11.6 Å². The molecule has 0 saturated heterocycles. The van der Waals surface area contributed by atoms with Crippen LogP contribution in [0.3, 0.4) is 0 Å². The lowest BCUT2D eigenvalue weighted by Crippen LogP contribution is -2.31. The molecule has 0 aliphatic heterocycles. The summed E-state index contributed by atoms with van der Waals surface area (Å²) in [4.78, 5) is 22.1. The molecule has 0 aliphatic carbocycles. The van der Waals surface area contributed by atoms with Crippen LogP contribution in [-0.2, 0) is 0 Å². The SMILES string of the molecule is CC(C)(C)CC(Br)CNC(=O)c1ccc([N+](=O)[O-])cc1. The van der Waals surface area contributed by atoms with Gasteiger partial charge in [-0.1, -0.05) is 36.7 Å². The number of hydrogen-bond acceptors (Lipinski definition) is 3. The van der Waals surface area contributed by atoms with Crippen LogP contribution < -0.4 is 5.32 Å². The van der Waals surface area contributed by atoms with Crippen LogP contribution >= 0.6 is 15.9 Å². The van der Waals surface area contributed by atoms with E-state index in [4.69, 9.17) is 0 Å². The minimum Gasteiger partial charge on any atom is -0.351 e. The van der Waals surface area contributed by atoms with Crippen molar-refractivity contribution in [2.24, 2.45) is 5.41 Å². The molecule has 0 saturated carbocycles. The summed E-state index contributed by atoms with van der Waals surface area (Å²) in [7, 11) is 0. The topological polar surface area (TPSA) is 72.2 Å². The van der Waals surface area contributed by atoms with Gasteiger partial charge >= 0.3 is 0 Å². The maximum Gasteiger partial charge on any atom is 0.269 e. The highest BCUT2D eigenvalue weighted by atomic mass is 79.9. The van der Waals surface area contributed by atoms with Gasteiger partial charge in [-0.25, -0.2) is 0 Å². The van der Waals surface area contributed by atoms with Crippen molar-refractivity contribution in [1.82, 2.24) is 5.32 Å². The van der Waals surface area contributed by atoms with Crippen LogP contribution in [-0.4, -0.2) is 22.2 Å². The van der Waals surface area contributed by atoms with Crippen LogP contribution in [0, 0.1) is 15.5 Å². The van der Waals surface area contributed by atoms with Gasteiger partial charge in [-0.2, -0.15) is 0 Å². The molecule has 5 nitrogen and oxygen atoms in total. The third kappa shape index (κ3) is 5.69. The maximum absolute atomic E-state index is 11.9. The number of amides is 1. The van der Waals surface area contributed by atoms with Crippen molar-refractivity contribution in [2.45, 2.75) is 32.0 Å². The number of nitro groups is 1.